The van der Waals surface area contributed by atoms with Gasteiger partial charge in [-0.15, -0.1) is 0 Å². The highest BCUT2D eigenvalue weighted by molar-refractivity contribution is 9.08. The van der Waals surface area contributed by atoms with Crippen molar-refractivity contribution in [2.75, 3.05) is 0 Å². The summed E-state index contributed by atoms with van der Waals surface area (Å²) < 4.78 is 5.76. The molecule has 0 aromatic heterocycles. The minimum atomic E-state index is -0.414. The Morgan fingerprint density at radius 1 is 1.30 bits per heavy atom. The number of halogens is 2. The van der Waals surface area contributed by atoms with Gasteiger partial charge in [0.1, 0.15) is 11.5 Å². The van der Waals surface area contributed by atoms with E-state index in [9.17, 15) is 10.1 Å². The van der Waals surface area contributed by atoms with Crippen LogP contribution in [0.3, 0.4) is 0 Å². The Labute approximate surface area is 129 Å². The lowest BCUT2D eigenvalue weighted by molar-refractivity contribution is -0.385. The van der Waals surface area contributed by atoms with Crippen molar-refractivity contribution < 1.29 is 9.66 Å². The number of aryl methyl sites for hydroxylation is 1. The van der Waals surface area contributed by atoms with E-state index in [-0.39, 0.29) is 5.69 Å². The summed E-state index contributed by atoms with van der Waals surface area (Å²) in [6.45, 7) is 1.67. The van der Waals surface area contributed by atoms with Crippen molar-refractivity contribution in [3.63, 3.8) is 0 Å². The topological polar surface area (TPSA) is 52.4 Å². The molecule has 0 saturated carbocycles. The molecule has 0 fully saturated rings. The maximum Gasteiger partial charge on any atom is 0.272 e. The summed E-state index contributed by atoms with van der Waals surface area (Å²) in [7, 11) is 0. The van der Waals surface area contributed by atoms with Crippen molar-refractivity contribution >= 4 is 33.2 Å². The van der Waals surface area contributed by atoms with Crippen molar-refractivity contribution in [3.05, 3.63) is 62.7 Å². The van der Waals surface area contributed by atoms with Crippen LogP contribution in [0.2, 0.25) is 5.02 Å². The number of benzene rings is 2. The van der Waals surface area contributed by atoms with Gasteiger partial charge in [0.15, 0.2) is 0 Å². The van der Waals surface area contributed by atoms with Crippen molar-refractivity contribution in [1.29, 1.82) is 0 Å². The Morgan fingerprint density at radius 2 is 2.05 bits per heavy atom. The van der Waals surface area contributed by atoms with Crippen LogP contribution in [0.15, 0.2) is 36.4 Å². The molecule has 0 radical (unpaired) electrons. The van der Waals surface area contributed by atoms with Gasteiger partial charge >= 0.3 is 0 Å². The molecular weight excluding hydrogens is 346 g/mol. The minimum absolute atomic E-state index is 0.0733. The maximum absolute atomic E-state index is 10.8. The van der Waals surface area contributed by atoms with Gasteiger partial charge < -0.3 is 4.74 Å². The first-order chi connectivity index (χ1) is 9.51. The molecule has 0 heterocycles. The van der Waals surface area contributed by atoms with E-state index in [4.69, 9.17) is 16.3 Å². The van der Waals surface area contributed by atoms with Crippen LogP contribution in [-0.4, -0.2) is 4.92 Å². The third-order valence-corrected chi connectivity index (χ3v) is 3.61. The average molecular weight is 357 g/mol. The number of hydrogen-bond acceptors (Lipinski definition) is 3. The first kappa shape index (κ1) is 14.8. The highest BCUT2D eigenvalue weighted by Crippen LogP contribution is 2.32. The molecule has 0 amide bonds. The number of nitrogens with zero attached hydrogens (tertiary/aromatic N) is 1. The summed E-state index contributed by atoms with van der Waals surface area (Å²) in [5.41, 5.74) is 1.57. The fraction of sp³-hybridized carbons (Fsp3) is 0.143. The molecule has 0 aliphatic rings. The van der Waals surface area contributed by atoms with Gasteiger partial charge in [0.2, 0.25) is 0 Å². The number of hydrogen-bond donors (Lipinski definition) is 0. The molecule has 104 valence electrons. The van der Waals surface area contributed by atoms with E-state index in [0.717, 1.165) is 5.56 Å². The number of nitro benzene ring substituents is 1. The first-order valence-electron chi connectivity index (χ1n) is 5.78. The molecule has 2 aromatic carbocycles. The summed E-state index contributed by atoms with van der Waals surface area (Å²) >= 11 is 9.33. The molecule has 20 heavy (non-hydrogen) atoms. The quantitative estimate of drug-likeness (QED) is 0.427. The molecule has 0 N–H and O–H groups in total. The summed E-state index contributed by atoms with van der Waals surface area (Å²) in [6, 6.07) is 10.0. The van der Waals surface area contributed by atoms with Crippen LogP contribution in [-0.2, 0) is 5.33 Å². The zero-order valence-electron chi connectivity index (χ0n) is 10.6. The van der Waals surface area contributed by atoms with Crippen LogP contribution < -0.4 is 4.74 Å². The molecule has 0 aliphatic heterocycles. The predicted octanol–water partition coefficient (Wildman–Crippen LogP) is 5.24. The zero-order chi connectivity index (χ0) is 14.7. The van der Waals surface area contributed by atoms with E-state index in [0.29, 0.717) is 27.4 Å². The number of nitro groups is 1. The standard InChI is InChI=1S/C14H11BrClNO3/c1-9-6-12(4-5-13(9)17(18)19)20-14-7-11(16)3-2-10(14)8-15/h2-7H,8H2,1H3. The zero-order valence-corrected chi connectivity index (χ0v) is 12.9. The minimum Gasteiger partial charge on any atom is -0.457 e. The Kier molecular flexibility index (Phi) is 4.62. The molecule has 2 aromatic rings. The predicted molar refractivity (Wildman–Crippen MR) is 82.0 cm³/mol. The SMILES string of the molecule is Cc1cc(Oc2cc(Cl)ccc2CBr)ccc1[N+](=O)[O-]. The fourth-order valence-electron chi connectivity index (χ4n) is 1.76. The van der Waals surface area contributed by atoms with Crippen molar-refractivity contribution in [2.45, 2.75) is 12.3 Å². The van der Waals surface area contributed by atoms with Crippen LogP contribution in [0, 0.1) is 17.0 Å². The Balaban J connectivity index is 2.33. The van der Waals surface area contributed by atoms with Crippen LogP contribution >= 0.6 is 27.5 Å². The Morgan fingerprint density at radius 3 is 2.65 bits per heavy atom. The van der Waals surface area contributed by atoms with E-state index in [2.05, 4.69) is 15.9 Å². The molecular formula is C14H11BrClNO3. The number of rotatable bonds is 4. The van der Waals surface area contributed by atoms with Crippen LogP contribution in [0.1, 0.15) is 11.1 Å². The van der Waals surface area contributed by atoms with Crippen molar-refractivity contribution in [1.82, 2.24) is 0 Å². The molecule has 4 nitrogen and oxygen atoms in total. The van der Waals surface area contributed by atoms with Gasteiger partial charge in [0.05, 0.1) is 4.92 Å². The summed E-state index contributed by atoms with van der Waals surface area (Å²) in [5.74, 6) is 1.17. The molecule has 6 heteroatoms. The van der Waals surface area contributed by atoms with Gasteiger partial charge in [-0.3, -0.25) is 10.1 Å². The van der Waals surface area contributed by atoms with Crippen LogP contribution in [0.25, 0.3) is 0 Å². The monoisotopic (exact) mass is 355 g/mol. The van der Waals surface area contributed by atoms with Crippen LogP contribution in [0.4, 0.5) is 5.69 Å². The second kappa shape index (κ2) is 6.24. The summed E-state index contributed by atoms with van der Waals surface area (Å²) in [4.78, 5) is 10.4. The molecule has 0 unspecified atom stereocenters. The molecule has 0 spiro atoms. The lowest BCUT2D eigenvalue weighted by Crippen LogP contribution is -1.94. The number of ether oxygens (including phenoxy) is 1. The second-order valence-corrected chi connectivity index (χ2v) is 5.19. The van der Waals surface area contributed by atoms with Gasteiger partial charge in [-0.2, -0.15) is 0 Å². The number of alkyl halides is 1. The average Bonchev–Trinajstić information content (AvgIpc) is 2.38. The fourth-order valence-corrected chi connectivity index (χ4v) is 2.38. The van der Waals surface area contributed by atoms with Crippen molar-refractivity contribution in [2.24, 2.45) is 0 Å². The van der Waals surface area contributed by atoms with Gasteiger partial charge in [0, 0.05) is 27.5 Å². The normalized spacial score (nSPS) is 10.3. The third-order valence-electron chi connectivity index (χ3n) is 2.77. The summed E-state index contributed by atoms with van der Waals surface area (Å²) in [6.07, 6.45) is 0. The van der Waals surface area contributed by atoms with E-state index in [1.807, 2.05) is 6.07 Å². The maximum atomic E-state index is 10.8. The van der Waals surface area contributed by atoms with E-state index in [1.54, 1.807) is 31.2 Å². The summed E-state index contributed by atoms with van der Waals surface area (Å²) in [5, 5.41) is 12.0. The highest BCUT2D eigenvalue weighted by atomic mass is 79.9. The third kappa shape index (κ3) is 3.29. The van der Waals surface area contributed by atoms with Gasteiger partial charge in [-0.05, 0) is 31.2 Å². The van der Waals surface area contributed by atoms with Gasteiger partial charge in [0.25, 0.3) is 5.69 Å². The first-order valence-corrected chi connectivity index (χ1v) is 7.28. The Bertz CT molecular complexity index is 661. The smallest absolute Gasteiger partial charge is 0.272 e. The van der Waals surface area contributed by atoms with Gasteiger partial charge in [-0.25, -0.2) is 0 Å². The lowest BCUT2D eigenvalue weighted by atomic mass is 10.2. The largest absolute Gasteiger partial charge is 0.457 e. The second-order valence-electron chi connectivity index (χ2n) is 4.19. The van der Waals surface area contributed by atoms with E-state index in [1.165, 1.54) is 6.07 Å². The Hall–Kier alpha value is -1.59. The molecule has 0 atom stereocenters. The molecule has 2 rings (SSSR count). The van der Waals surface area contributed by atoms with Gasteiger partial charge in [-0.1, -0.05) is 33.6 Å². The van der Waals surface area contributed by atoms with E-state index >= 15 is 0 Å². The lowest BCUT2D eigenvalue weighted by Gasteiger charge is -2.10. The van der Waals surface area contributed by atoms with E-state index < -0.39 is 4.92 Å². The van der Waals surface area contributed by atoms with Crippen molar-refractivity contribution in [3.8, 4) is 11.5 Å². The molecule has 0 bridgehead atoms. The van der Waals surface area contributed by atoms with Crippen LogP contribution in [0.5, 0.6) is 11.5 Å². The molecule has 0 saturated heterocycles. The molecule has 0 aliphatic carbocycles. The highest BCUT2D eigenvalue weighted by Gasteiger charge is 2.12.